The summed E-state index contributed by atoms with van der Waals surface area (Å²) in [5.74, 6) is 5.98. The van der Waals surface area contributed by atoms with Gasteiger partial charge in [-0.2, -0.15) is 0 Å². The van der Waals surface area contributed by atoms with Crippen LogP contribution in [-0.2, 0) is 16.0 Å². The van der Waals surface area contributed by atoms with Gasteiger partial charge in [0.1, 0.15) is 0 Å². The number of hydrogen-bond acceptors (Lipinski definition) is 8. The molecule has 0 bridgehead atoms. The first kappa shape index (κ1) is 41.2. The molecule has 0 radical (unpaired) electrons. The van der Waals surface area contributed by atoms with Crippen molar-refractivity contribution < 1.29 is 9.59 Å². The van der Waals surface area contributed by atoms with Gasteiger partial charge < -0.3 is 20.9 Å². The first-order chi connectivity index (χ1) is 23.8. The standard InChI is InChI=1S/C40H65N7O2S/c1-11-27(4)38(44-40(49)36-19-15-16-20-46(36)9)31(8)47(10)37(26(2)3)22-28(5)34-24-50-25-35(43-34)30(7)42-33(21-29(6)39(48)45-41)23-32-17-13-12-14-18-32/h12-14,17-18,24-29,33,36-38,42-43H,7-8,11,15-16,19-23,41H2,1-6,9-10H3,(H,44,49)(H,45,48)/t27-,28+,29-,33+,36+,37+,38-/m0/s1. The largest absolute Gasteiger partial charge is 0.381 e. The monoisotopic (exact) mass is 707 g/mol. The van der Waals surface area contributed by atoms with Gasteiger partial charge in [0.25, 0.3) is 0 Å². The van der Waals surface area contributed by atoms with Crippen molar-refractivity contribution in [2.24, 2.45) is 29.5 Å². The number of carbonyl (C=O) groups is 2. The Balaban J connectivity index is 1.68. The average Bonchev–Trinajstić information content (AvgIpc) is 3.11. The number of likely N-dealkylation sites (N-methyl/N-ethyl adjacent to an activating group) is 2. The number of nitrogens with two attached hydrogens (primary N) is 1. The Labute approximate surface area is 307 Å². The number of nitrogens with zero attached hydrogens (tertiary/aromatic N) is 2. The van der Waals surface area contributed by atoms with Gasteiger partial charge >= 0.3 is 0 Å². The molecule has 1 fully saturated rings. The summed E-state index contributed by atoms with van der Waals surface area (Å²) >= 11 is 1.65. The van der Waals surface area contributed by atoms with Crippen molar-refractivity contribution in [2.75, 3.05) is 20.6 Å². The number of piperidine rings is 1. The van der Waals surface area contributed by atoms with Crippen LogP contribution >= 0.6 is 11.8 Å². The minimum atomic E-state index is -0.256. The van der Waals surface area contributed by atoms with Gasteiger partial charge in [0, 0.05) is 41.9 Å². The molecule has 0 spiro atoms. The molecular formula is C40H65N7O2S. The third kappa shape index (κ3) is 11.7. The number of rotatable bonds is 19. The van der Waals surface area contributed by atoms with Crippen LogP contribution in [0.4, 0.5) is 0 Å². The second kappa shape index (κ2) is 20.0. The normalized spacial score (nSPS) is 20.2. The third-order valence-corrected chi connectivity index (χ3v) is 11.5. The summed E-state index contributed by atoms with van der Waals surface area (Å²) in [6.45, 7) is 23.1. The highest BCUT2D eigenvalue weighted by molar-refractivity contribution is 8.05. The maximum atomic E-state index is 13.5. The molecule has 7 atom stereocenters. The van der Waals surface area contributed by atoms with Crippen LogP contribution in [0.1, 0.15) is 85.6 Å². The molecule has 2 amide bonds. The Hall–Kier alpha value is -3.21. The quantitative estimate of drug-likeness (QED) is 0.0652. The van der Waals surface area contributed by atoms with Crippen LogP contribution in [0, 0.1) is 23.7 Å². The van der Waals surface area contributed by atoms with E-state index < -0.39 is 0 Å². The second-order valence-electron chi connectivity index (χ2n) is 14.9. The summed E-state index contributed by atoms with van der Waals surface area (Å²) < 4.78 is 0. The van der Waals surface area contributed by atoms with Crippen molar-refractivity contribution in [2.45, 2.75) is 111 Å². The van der Waals surface area contributed by atoms with Crippen LogP contribution in [0.2, 0.25) is 0 Å². The summed E-state index contributed by atoms with van der Waals surface area (Å²) in [5, 5.41) is 15.0. The Morgan fingerprint density at radius 1 is 1.06 bits per heavy atom. The lowest BCUT2D eigenvalue weighted by atomic mass is 9.88. The SMILES string of the molecule is C=C(N[C@@H](Cc1ccccc1)C[C@H](C)C(=O)NN)C1=CSC=C([C@H](C)C[C@H](C(C)C)N(C)C(=C)[C@@H](NC(=O)[C@H]2CCCCN2C)[C@@H](C)CC)N1. The van der Waals surface area contributed by atoms with E-state index in [1.807, 2.05) is 25.1 Å². The van der Waals surface area contributed by atoms with Crippen molar-refractivity contribution in [3.63, 3.8) is 0 Å². The highest BCUT2D eigenvalue weighted by atomic mass is 32.2. The molecule has 2 heterocycles. The van der Waals surface area contributed by atoms with Gasteiger partial charge in [-0.05, 0) is 74.4 Å². The van der Waals surface area contributed by atoms with E-state index in [9.17, 15) is 9.59 Å². The van der Waals surface area contributed by atoms with E-state index in [4.69, 9.17) is 5.84 Å². The number of benzene rings is 1. The maximum absolute atomic E-state index is 13.5. The first-order valence-corrected chi connectivity index (χ1v) is 19.5. The number of allylic oxidation sites excluding steroid dienone is 1. The summed E-state index contributed by atoms with van der Waals surface area (Å²) in [4.78, 5) is 30.3. The predicted octanol–water partition coefficient (Wildman–Crippen LogP) is 6.25. The molecule has 1 aromatic carbocycles. The van der Waals surface area contributed by atoms with Gasteiger partial charge in [-0.15, -0.1) is 11.8 Å². The molecule has 0 aliphatic carbocycles. The Morgan fingerprint density at radius 2 is 1.76 bits per heavy atom. The molecule has 50 heavy (non-hydrogen) atoms. The molecule has 10 heteroatoms. The first-order valence-electron chi connectivity index (χ1n) is 18.5. The maximum Gasteiger partial charge on any atom is 0.237 e. The summed E-state index contributed by atoms with van der Waals surface area (Å²) in [7, 11) is 4.20. The Kier molecular flexibility index (Phi) is 16.5. The zero-order chi connectivity index (χ0) is 37.0. The van der Waals surface area contributed by atoms with Gasteiger partial charge in [0.05, 0.1) is 23.5 Å². The minimum Gasteiger partial charge on any atom is -0.381 e. The molecular weight excluding hydrogens is 643 g/mol. The minimum absolute atomic E-state index is 0.0147. The summed E-state index contributed by atoms with van der Waals surface area (Å²) in [6, 6.07) is 10.3. The number of amides is 2. The second-order valence-corrected chi connectivity index (χ2v) is 15.7. The van der Waals surface area contributed by atoms with Gasteiger partial charge in [-0.3, -0.25) is 19.9 Å². The fourth-order valence-electron chi connectivity index (χ4n) is 7.11. The van der Waals surface area contributed by atoms with Gasteiger partial charge in [-0.25, -0.2) is 5.84 Å². The van der Waals surface area contributed by atoms with Gasteiger partial charge in [0.2, 0.25) is 11.8 Å². The molecule has 1 saturated heterocycles. The van der Waals surface area contributed by atoms with Crippen molar-refractivity contribution in [1.82, 2.24) is 31.2 Å². The summed E-state index contributed by atoms with van der Waals surface area (Å²) in [6.07, 6.45) is 6.37. The molecule has 2 aliphatic heterocycles. The van der Waals surface area contributed by atoms with E-state index in [0.717, 1.165) is 67.9 Å². The lowest BCUT2D eigenvalue weighted by Crippen LogP contribution is -2.54. The molecule has 0 unspecified atom stereocenters. The summed E-state index contributed by atoms with van der Waals surface area (Å²) in [5.41, 5.74) is 7.31. The smallest absolute Gasteiger partial charge is 0.237 e. The zero-order valence-electron chi connectivity index (χ0n) is 31.9. The van der Waals surface area contributed by atoms with E-state index in [2.05, 4.69) is 116 Å². The number of carbonyl (C=O) groups excluding carboxylic acids is 2. The molecule has 1 aromatic rings. The molecule has 3 rings (SSSR count). The Morgan fingerprint density at radius 3 is 2.38 bits per heavy atom. The highest BCUT2D eigenvalue weighted by Crippen LogP contribution is 2.31. The highest BCUT2D eigenvalue weighted by Gasteiger charge is 2.33. The van der Waals surface area contributed by atoms with Crippen LogP contribution in [-0.4, -0.2) is 66.4 Å². The number of likely N-dealkylation sites (tertiary alicyclic amines) is 1. The van der Waals surface area contributed by atoms with E-state index in [1.165, 1.54) is 5.56 Å². The number of nitrogens with one attached hydrogen (secondary N) is 4. The van der Waals surface area contributed by atoms with Crippen LogP contribution in [0.3, 0.4) is 0 Å². The fourth-order valence-corrected chi connectivity index (χ4v) is 7.96. The van der Waals surface area contributed by atoms with Crippen molar-refractivity contribution >= 4 is 23.6 Å². The van der Waals surface area contributed by atoms with E-state index in [1.54, 1.807) is 11.8 Å². The van der Waals surface area contributed by atoms with E-state index in [0.29, 0.717) is 12.3 Å². The number of hydrazine groups is 1. The fraction of sp³-hybridized carbons (Fsp3) is 0.600. The number of hydrogen-bond donors (Lipinski definition) is 5. The van der Waals surface area contributed by atoms with Crippen LogP contribution in [0.15, 0.2) is 77.1 Å². The number of thioether (sulfide) groups is 1. The topological polar surface area (TPSA) is 115 Å². The zero-order valence-corrected chi connectivity index (χ0v) is 32.7. The van der Waals surface area contributed by atoms with Gasteiger partial charge in [-0.1, -0.05) is 97.9 Å². The van der Waals surface area contributed by atoms with Crippen molar-refractivity contribution in [3.8, 4) is 0 Å². The van der Waals surface area contributed by atoms with Crippen LogP contribution in [0.5, 0.6) is 0 Å². The molecule has 9 nitrogen and oxygen atoms in total. The van der Waals surface area contributed by atoms with Crippen molar-refractivity contribution in [1.29, 1.82) is 0 Å². The van der Waals surface area contributed by atoms with Crippen LogP contribution in [0.25, 0.3) is 0 Å². The van der Waals surface area contributed by atoms with E-state index >= 15 is 0 Å². The predicted molar refractivity (Wildman–Crippen MR) is 210 cm³/mol. The van der Waals surface area contributed by atoms with E-state index in [-0.39, 0.29) is 53.7 Å². The molecule has 2 aliphatic rings. The van der Waals surface area contributed by atoms with Crippen LogP contribution < -0.4 is 27.2 Å². The lowest BCUT2D eigenvalue weighted by Gasteiger charge is -2.41. The van der Waals surface area contributed by atoms with Crippen molar-refractivity contribution in [3.05, 3.63) is 82.7 Å². The Bertz CT molecular complexity index is 1350. The lowest BCUT2D eigenvalue weighted by molar-refractivity contribution is -0.128. The molecule has 0 saturated carbocycles. The molecule has 278 valence electrons. The third-order valence-electron chi connectivity index (χ3n) is 10.7. The molecule has 6 N–H and O–H groups in total. The molecule has 0 aromatic heterocycles. The van der Waals surface area contributed by atoms with Gasteiger partial charge in [0.15, 0.2) is 0 Å². The average molecular weight is 708 g/mol.